The van der Waals surface area contributed by atoms with Crippen LogP contribution in [0.5, 0.6) is 0 Å². The van der Waals surface area contributed by atoms with Gasteiger partial charge in [0, 0.05) is 30.2 Å². The summed E-state index contributed by atoms with van der Waals surface area (Å²) < 4.78 is 7.40. The topological polar surface area (TPSA) is 43.0 Å². The van der Waals surface area contributed by atoms with Crippen LogP contribution >= 0.6 is 0 Å². The van der Waals surface area contributed by atoms with Crippen molar-refractivity contribution in [1.82, 2.24) is 9.78 Å². The van der Waals surface area contributed by atoms with Crippen LogP contribution in [-0.4, -0.2) is 9.78 Å². The van der Waals surface area contributed by atoms with Gasteiger partial charge in [-0.1, -0.05) is 18.2 Å². The van der Waals surface area contributed by atoms with E-state index >= 15 is 0 Å². The van der Waals surface area contributed by atoms with E-state index in [1.165, 1.54) is 0 Å². The molecule has 92 valence electrons. The predicted molar refractivity (Wildman–Crippen MR) is 71.4 cm³/mol. The van der Waals surface area contributed by atoms with E-state index in [1.807, 2.05) is 41.5 Å². The van der Waals surface area contributed by atoms with E-state index in [0.717, 1.165) is 35.3 Å². The van der Waals surface area contributed by atoms with Crippen molar-refractivity contribution in [3.8, 4) is 0 Å². The Morgan fingerprint density at radius 3 is 3.06 bits per heavy atom. The first-order chi connectivity index (χ1) is 8.86. The Bertz CT molecular complexity index is 654. The Kier molecular flexibility index (Phi) is 2.76. The largest absolute Gasteiger partial charge is 0.464 e. The highest BCUT2D eigenvalue weighted by Crippen LogP contribution is 2.21. The molecule has 0 aliphatic heterocycles. The molecule has 1 N–H and O–H groups in total. The van der Waals surface area contributed by atoms with Gasteiger partial charge >= 0.3 is 0 Å². The van der Waals surface area contributed by atoms with E-state index < -0.39 is 0 Å². The van der Waals surface area contributed by atoms with Gasteiger partial charge in [0.15, 0.2) is 0 Å². The van der Waals surface area contributed by atoms with E-state index in [0.29, 0.717) is 0 Å². The molecule has 0 aliphatic carbocycles. The number of para-hydroxylation sites is 1. The van der Waals surface area contributed by atoms with Gasteiger partial charge in [-0.3, -0.25) is 4.68 Å². The number of aryl methyl sites for hydroxylation is 1. The van der Waals surface area contributed by atoms with E-state index in [4.69, 9.17) is 4.42 Å². The van der Waals surface area contributed by atoms with Gasteiger partial charge in [-0.05, 0) is 13.0 Å². The number of aromatic nitrogens is 2. The monoisotopic (exact) mass is 241 g/mol. The van der Waals surface area contributed by atoms with Gasteiger partial charge in [0.05, 0.1) is 18.1 Å². The van der Waals surface area contributed by atoms with Crippen molar-refractivity contribution in [2.45, 2.75) is 20.0 Å². The Labute approximate surface area is 105 Å². The number of furan rings is 1. The number of nitrogens with one attached hydrogen (secondary N) is 1. The highest BCUT2D eigenvalue weighted by atomic mass is 16.3. The molecule has 0 spiro atoms. The SMILES string of the molecule is CCn1cc(NCc2coc3ccccc23)cn1. The molecule has 2 heterocycles. The molecule has 2 aromatic heterocycles. The Hall–Kier alpha value is -2.23. The first kappa shape index (κ1) is 10.9. The lowest BCUT2D eigenvalue weighted by Crippen LogP contribution is -1.97. The summed E-state index contributed by atoms with van der Waals surface area (Å²) in [4.78, 5) is 0. The Balaban J connectivity index is 1.76. The second kappa shape index (κ2) is 4.56. The summed E-state index contributed by atoms with van der Waals surface area (Å²) in [5.74, 6) is 0. The number of fused-ring (bicyclic) bond motifs is 1. The third kappa shape index (κ3) is 1.97. The summed E-state index contributed by atoms with van der Waals surface area (Å²) >= 11 is 0. The Morgan fingerprint density at radius 2 is 2.22 bits per heavy atom. The van der Waals surface area contributed by atoms with Crippen LogP contribution in [0.4, 0.5) is 5.69 Å². The number of nitrogens with zero attached hydrogens (tertiary/aromatic N) is 2. The highest BCUT2D eigenvalue weighted by molar-refractivity contribution is 5.81. The molecule has 0 aliphatic rings. The average Bonchev–Trinajstić information content (AvgIpc) is 3.03. The molecule has 0 saturated carbocycles. The molecule has 3 rings (SSSR count). The molecule has 18 heavy (non-hydrogen) atoms. The number of hydrogen-bond donors (Lipinski definition) is 1. The first-order valence-corrected chi connectivity index (χ1v) is 6.08. The van der Waals surface area contributed by atoms with Gasteiger partial charge < -0.3 is 9.73 Å². The zero-order chi connectivity index (χ0) is 12.4. The molecule has 0 bridgehead atoms. The van der Waals surface area contributed by atoms with Crippen molar-refractivity contribution in [2.24, 2.45) is 0 Å². The summed E-state index contributed by atoms with van der Waals surface area (Å²) in [6.07, 6.45) is 5.65. The predicted octanol–water partition coefficient (Wildman–Crippen LogP) is 3.26. The normalized spacial score (nSPS) is 10.9. The van der Waals surface area contributed by atoms with Crippen LogP contribution in [0.15, 0.2) is 47.3 Å². The van der Waals surface area contributed by atoms with Crippen LogP contribution < -0.4 is 5.32 Å². The lowest BCUT2D eigenvalue weighted by atomic mass is 10.2. The van der Waals surface area contributed by atoms with Gasteiger partial charge in [0.2, 0.25) is 0 Å². The lowest BCUT2D eigenvalue weighted by molar-refractivity contribution is 0.611. The average molecular weight is 241 g/mol. The van der Waals surface area contributed by atoms with Crippen LogP contribution in [0.3, 0.4) is 0 Å². The Morgan fingerprint density at radius 1 is 1.33 bits per heavy atom. The van der Waals surface area contributed by atoms with Gasteiger partial charge in [0.25, 0.3) is 0 Å². The molecule has 0 amide bonds. The zero-order valence-corrected chi connectivity index (χ0v) is 10.3. The van der Waals surface area contributed by atoms with Gasteiger partial charge in [-0.25, -0.2) is 0 Å². The second-order valence-corrected chi connectivity index (χ2v) is 4.20. The standard InChI is InChI=1S/C14H15N3O/c1-2-17-9-12(8-16-17)15-7-11-10-18-14-6-4-3-5-13(11)14/h3-6,8-10,15H,2,7H2,1H3. The fraction of sp³-hybridized carbons (Fsp3) is 0.214. The van der Waals surface area contributed by atoms with Crippen LogP contribution in [0, 0.1) is 0 Å². The van der Waals surface area contributed by atoms with Crippen LogP contribution in [0.1, 0.15) is 12.5 Å². The summed E-state index contributed by atoms with van der Waals surface area (Å²) in [6, 6.07) is 8.06. The minimum atomic E-state index is 0.742. The molecule has 4 heteroatoms. The molecular weight excluding hydrogens is 226 g/mol. The maximum absolute atomic E-state index is 5.50. The first-order valence-electron chi connectivity index (χ1n) is 6.08. The summed E-state index contributed by atoms with van der Waals surface area (Å²) in [6.45, 7) is 3.70. The smallest absolute Gasteiger partial charge is 0.134 e. The molecule has 4 nitrogen and oxygen atoms in total. The van der Waals surface area contributed by atoms with Crippen LogP contribution in [0.2, 0.25) is 0 Å². The quantitative estimate of drug-likeness (QED) is 0.762. The maximum atomic E-state index is 5.50. The molecule has 3 aromatic rings. The van der Waals surface area contributed by atoms with E-state index in [1.54, 1.807) is 0 Å². The van der Waals surface area contributed by atoms with E-state index in [9.17, 15) is 0 Å². The number of benzene rings is 1. The third-order valence-electron chi connectivity index (χ3n) is 3.00. The highest BCUT2D eigenvalue weighted by Gasteiger charge is 2.05. The number of hydrogen-bond acceptors (Lipinski definition) is 3. The van der Waals surface area contributed by atoms with Gasteiger partial charge in [0.1, 0.15) is 5.58 Å². The minimum Gasteiger partial charge on any atom is -0.464 e. The van der Waals surface area contributed by atoms with Gasteiger partial charge in [-0.2, -0.15) is 5.10 Å². The summed E-state index contributed by atoms with van der Waals surface area (Å²) in [5.41, 5.74) is 3.12. The molecule has 0 unspecified atom stereocenters. The van der Waals surface area contributed by atoms with Gasteiger partial charge in [-0.15, -0.1) is 0 Å². The van der Waals surface area contributed by atoms with Crippen molar-refractivity contribution in [3.05, 3.63) is 48.5 Å². The van der Waals surface area contributed by atoms with Crippen molar-refractivity contribution in [2.75, 3.05) is 5.32 Å². The fourth-order valence-electron chi connectivity index (χ4n) is 1.99. The van der Waals surface area contributed by atoms with E-state index in [-0.39, 0.29) is 0 Å². The van der Waals surface area contributed by atoms with Crippen molar-refractivity contribution >= 4 is 16.7 Å². The second-order valence-electron chi connectivity index (χ2n) is 4.20. The number of anilines is 1. The maximum Gasteiger partial charge on any atom is 0.134 e. The minimum absolute atomic E-state index is 0.742. The molecule has 0 fully saturated rings. The van der Waals surface area contributed by atoms with E-state index in [2.05, 4.69) is 23.4 Å². The summed E-state index contributed by atoms with van der Waals surface area (Å²) in [5, 5.41) is 8.74. The van der Waals surface area contributed by atoms with Crippen molar-refractivity contribution in [1.29, 1.82) is 0 Å². The molecular formula is C14H15N3O. The molecule has 0 atom stereocenters. The molecule has 0 radical (unpaired) electrons. The van der Waals surface area contributed by atoms with Crippen molar-refractivity contribution in [3.63, 3.8) is 0 Å². The lowest BCUT2D eigenvalue weighted by Gasteiger charge is -2.01. The third-order valence-corrected chi connectivity index (χ3v) is 3.00. The van der Waals surface area contributed by atoms with Crippen LogP contribution in [0.25, 0.3) is 11.0 Å². The molecule has 1 aromatic carbocycles. The zero-order valence-electron chi connectivity index (χ0n) is 10.3. The van der Waals surface area contributed by atoms with Crippen molar-refractivity contribution < 1.29 is 4.42 Å². The molecule has 0 saturated heterocycles. The summed E-state index contributed by atoms with van der Waals surface area (Å²) in [7, 11) is 0. The number of rotatable bonds is 4. The fourth-order valence-corrected chi connectivity index (χ4v) is 1.99. The van der Waals surface area contributed by atoms with Crippen LogP contribution in [-0.2, 0) is 13.1 Å².